The van der Waals surface area contributed by atoms with Gasteiger partial charge in [-0.1, -0.05) is 18.2 Å². The van der Waals surface area contributed by atoms with Gasteiger partial charge in [0.25, 0.3) is 5.91 Å². The Morgan fingerprint density at radius 1 is 1.23 bits per heavy atom. The fourth-order valence-corrected chi connectivity index (χ4v) is 3.46. The minimum absolute atomic E-state index is 0.218. The lowest BCUT2D eigenvalue weighted by atomic mass is 10.1. The predicted octanol–water partition coefficient (Wildman–Crippen LogP) is 4.11. The molecule has 2 aromatic carbocycles. The molecule has 0 saturated carbocycles. The van der Waals surface area contributed by atoms with Gasteiger partial charge in [-0.05, 0) is 54.4 Å². The second kappa shape index (κ2) is 8.27. The minimum Gasteiger partial charge on any atom is -0.382 e. The van der Waals surface area contributed by atoms with Crippen molar-refractivity contribution in [2.24, 2.45) is 10.7 Å². The lowest BCUT2D eigenvalue weighted by molar-refractivity contribution is 0.0941. The van der Waals surface area contributed by atoms with E-state index in [-0.39, 0.29) is 23.6 Å². The van der Waals surface area contributed by atoms with Gasteiger partial charge in [-0.15, -0.1) is 0 Å². The van der Waals surface area contributed by atoms with E-state index in [1.165, 1.54) is 12.1 Å². The maximum absolute atomic E-state index is 13.5. The smallest absolute Gasteiger partial charge is 0.253 e. The maximum Gasteiger partial charge on any atom is 0.253 e. The van der Waals surface area contributed by atoms with E-state index in [1.807, 2.05) is 31.2 Å². The van der Waals surface area contributed by atoms with Gasteiger partial charge in [0.2, 0.25) is 0 Å². The molecule has 1 amide bonds. The van der Waals surface area contributed by atoms with Crippen LogP contribution in [0.3, 0.4) is 0 Å². The molecular weight excluding hydrogens is 395 g/mol. The summed E-state index contributed by atoms with van der Waals surface area (Å²) < 4.78 is 13.5. The first-order valence-corrected chi connectivity index (χ1v) is 9.65. The number of fused-ring (bicyclic) bond motifs is 1. The highest BCUT2D eigenvalue weighted by Gasteiger charge is 2.16. The van der Waals surface area contributed by atoms with Gasteiger partial charge in [-0.2, -0.15) is 0 Å². The molecular formula is C23H21FN6O. The first kappa shape index (κ1) is 20.1. The summed E-state index contributed by atoms with van der Waals surface area (Å²) in [7, 11) is 0. The van der Waals surface area contributed by atoms with Crippen LogP contribution in [0.25, 0.3) is 22.2 Å². The van der Waals surface area contributed by atoms with Crippen LogP contribution >= 0.6 is 0 Å². The van der Waals surface area contributed by atoms with Crippen LogP contribution in [0.2, 0.25) is 0 Å². The minimum atomic E-state index is -0.349. The zero-order valence-electron chi connectivity index (χ0n) is 16.7. The summed E-state index contributed by atoms with van der Waals surface area (Å²) in [5.74, 6) is -0.378. The van der Waals surface area contributed by atoms with Crippen LogP contribution in [-0.4, -0.2) is 28.0 Å². The summed E-state index contributed by atoms with van der Waals surface area (Å²) in [6.07, 6.45) is 2.55. The van der Waals surface area contributed by atoms with Gasteiger partial charge in [-0.25, -0.2) is 9.38 Å². The summed E-state index contributed by atoms with van der Waals surface area (Å²) in [4.78, 5) is 23.0. The third-order valence-electron chi connectivity index (χ3n) is 5.10. The number of nitrogens with one attached hydrogen (secondary N) is 4. The lowest BCUT2D eigenvalue weighted by Crippen LogP contribution is -2.26. The fraction of sp³-hybridized carbons (Fsp3) is 0.0870. The summed E-state index contributed by atoms with van der Waals surface area (Å²) in [5, 5.41) is 10.7. The number of hydrogen-bond donors (Lipinski definition) is 5. The molecule has 1 atom stereocenters. The molecule has 2 aromatic heterocycles. The number of benzene rings is 2. The third kappa shape index (κ3) is 4.09. The van der Waals surface area contributed by atoms with E-state index < -0.39 is 0 Å². The topological polar surface area (TPSA) is 123 Å². The van der Waals surface area contributed by atoms with E-state index >= 15 is 0 Å². The number of H-pyrrole nitrogens is 2. The van der Waals surface area contributed by atoms with Gasteiger partial charge in [-0.3, -0.25) is 10.2 Å². The summed E-state index contributed by atoms with van der Waals surface area (Å²) in [5.41, 5.74) is 10.1. The molecule has 0 aliphatic rings. The van der Waals surface area contributed by atoms with Crippen molar-refractivity contribution in [1.29, 1.82) is 5.41 Å². The monoisotopic (exact) mass is 416 g/mol. The van der Waals surface area contributed by atoms with Crippen LogP contribution in [-0.2, 0) is 0 Å². The van der Waals surface area contributed by atoms with Gasteiger partial charge in [0, 0.05) is 22.8 Å². The Bertz CT molecular complexity index is 1300. The first-order valence-electron chi connectivity index (χ1n) is 9.65. The second-order valence-electron chi connectivity index (χ2n) is 7.14. The summed E-state index contributed by atoms with van der Waals surface area (Å²) in [6.45, 7) is 1.81. The van der Waals surface area contributed by atoms with Crippen molar-refractivity contribution < 1.29 is 9.18 Å². The van der Waals surface area contributed by atoms with E-state index in [2.05, 4.69) is 20.3 Å². The molecule has 4 aromatic rings. The molecule has 2 heterocycles. The van der Waals surface area contributed by atoms with Crippen LogP contribution in [0.4, 0.5) is 4.39 Å². The zero-order chi connectivity index (χ0) is 22.0. The number of nitrogens with zero attached hydrogens (tertiary/aromatic N) is 1. The number of aromatic nitrogens is 2. The van der Waals surface area contributed by atoms with Crippen molar-refractivity contribution in [2.45, 2.75) is 13.0 Å². The number of halogens is 1. The lowest BCUT2D eigenvalue weighted by Gasteiger charge is -2.14. The molecule has 31 heavy (non-hydrogen) atoms. The molecule has 4 rings (SSSR count). The van der Waals surface area contributed by atoms with Crippen molar-refractivity contribution in [3.8, 4) is 11.3 Å². The van der Waals surface area contributed by atoms with Gasteiger partial charge in [0.1, 0.15) is 18.0 Å². The number of carbonyl (C=O) groups is 1. The molecule has 0 aliphatic heterocycles. The fourth-order valence-electron chi connectivity index (χ4n) is 3.46. The average Bonchev–Trinajstić information content (AvgIpc) is 3.41. The SMILES string of the molecule is CC(NC(=O)c1c[nH]c2ccc(-c3ccc(C(N)=NC=N)[nH]3)cc12)c1cccc(F)c1. The molecule has 6 N–H and O–H groups in total. The van der Waals surface area contributed by atoms with Crippen LogP contribution in [0, 0.1) is 11.2 Å². The highest BCUT2D eigenvalue weighted by Crippen LogP contribution is 2.27. The Hall–Kier alpha value is -4.20. The third-order valence-corrected chi connectivity index (χ3v) is 5.10. The Morgan fingerprint density at radius 3 is 2.84 bits per heavy atom. The number of amidine groups is 1. The van der Waals surface area contributed by atoms with E-state index in [1.54, 1.807) is 24.4 Å². The zero-order valence-corrected chi connectivity index (χ0v) is 16.7. The average molecular weight is 416 g/mol. The standard InChI is InChI=1S/C23H21FN6O/c1-13(14-3-2-4-16(24)9-14)29-23(31)18-11-27-20-6-5-15(10-17(18)20)19-7-8-21(30-19)22(26)28-12-25/h2-13,27,30H,1H3,(H,29,31)(H3,25,26,28). The molecule has 1 unspecified atom stereocenters. The molecule has 7 nitrogen and oxygen atoms in total. The molecule has 0 radical (unpaired) electrons. The van der Waals surface area contributed by atoms with E-state index in [0.29, 0.717) is 16.8 Å². The number of aromatic amines is 2. The van der Waals surface area contributed by atoms with Gasteiger partial charge >= 0.3 is 0 Å². The second-order valence-corrected chi connectivity index (χ2v) is 7.14. The van der Waals surface area contributed by atoms with Crippen molar-refractivity contribution in [3.63, 3.8) is 0 Å². The maximum atomic E-state index is 13.5. The Kier molecular flexibility index (Phi) is 5.36. The van der Waals surface area contributed by atoms with E-state index in [4.69, 9.17) is 11.1 Å². The van der Waals surface area contributed by atoms with Crippen LogP contribution in [0.1, 0.15) is 34.6 Å². The van der Waals surface area contributed by atoms with Crippen molar-refractivity contribution in [2.75, 3.05) is 0 Å². The number of carbonyl (C=O) groups excluding carboxylic acids is 1. The first-order chi connectivity index (χ1) is 15.0. The van der Waals surface area contributed by atoms with Crippen molar-refractivity contribution in [1.82, 2.24) is 15.3 Å². The number of nitrogens with two attached hydrogens (primary N) is 1. The Morgan fingerprint density at radius 2 is 2.06 bits per heavy atom. The van der Waals surface area contributed by atoms with Gasteiger partial charge in [0.15, 0.2) is 0 Å². The molecule has 0 bridgehead atoms. The molecule has 156 valence electrons. The molecule has 0 aliphatic carbocycles. The highest BCUT2D eigenvalue weighted by atomic mass is 19.1. The van der Waals surface area contributed by atoms with Crippen LogP contribution < -0.4 is 11.1 Å². The highest BCUT2D eigenvalue weighted by molar-refractivity contribution is 6.08. The van der Waals surface area contributed by atoms with Crippen molar-refractivity contribution in [3.05, 3.63) is 83.4 Å². The van der Waals surface area contributed by atoms with Gasteiger partial charge in [0.05, 0.1) is 17.3 Å². The number of rotatable bonds is 6. The van der Waals surface area contributed by atoms with E-state index in [9.17, 15) is 9.18 Å². The van der Waals surface area contributed by atoms with Crippen LogP contribution in [0.5, 0.6) is 0 Å². The number of hydrogen-bond acceptors (Lipinski definition) is 2. The normalized spacial score (nSPS) is 12.6. The number of amides is 1. The molecule has 0 spiro atoms. The quantitative estimate of drug-likeness (QED) is 0.240. The number of aliphatic imine (C=N–C) groups is 1. The van der Waals surface area contributed by atoms with E-state index in [0.717, 1.165) is 28.5 Å². The Labute approximate surface area is 177 Å². The molecule has 8 heteroatoms. The van der Waals surface area contributed by atoms with Gasteiger partial charge < -0.3 is 21.0 Å². The van der Waals surface area contributed by atoms with Crippen molar-refractivity contribution >= 4 is 29.0 Å². The molecule has 0 saturated heterocycles. The molecule has 0 fully saturated rings. The summed E-state index contributed by atoms with van der Waals surface area (Å²) in [6, 6.07) is 15.2. The van der Waals surface area contributed by atoms with Crippen LogP contribution in [0.15, 0.2) is 65.8 Å². The predicted molar refractivity (Wildman–Crippen MR) is 120 cm³/mol. The Balaban J connectivity index is 1.62. The summed E-state index contributed by atoms with van der Waals surface area (Å²) >= 11 is 0. The largest absolute Gasteiger partial charge is 0.382 e.